The molecule has 4 saturated heterocycles. The van der Waals surface area contributed by atoms with Gasteiger partial charge in [0.25, 0.3) is 0 Å². The second-order valence-corrected chi connectivity index (χ2v) is 24.3. The van der Waals surface area contributed by atoms with Gasteiger partial charge in [0.2, 0.25) is 0 Å². The number of cyclic esters (lactones) is 1. The van der Waals surface area contributed by atoms with E-state index < -0.39 is 120 Å². The third kappa shape index (κ3) is 13.7. The van der Waals surface area contributed by atoms with Crippen LogP contribution in [0.15, 0.2) is 97.2 Å². The highest BCUT2D eigenvalue weighted by molar-refractivity contribution is 5.90. The topological polar surface area (TPSA) is 209 Å². The molecule has 19 nitrogen and oxygen atoms in total. The summed E-state index contributed by atoms with van der Waals surface area (Å²) in [5, 5.41) is 2.45. The lowest BCUT2D eigenvalue weighted by Crippen LogP contribution is -2.62. The zero-order valence-corrected chi connectivity index (χ0v) is 51.3. The van der Waals surface area contributed by atoms with Gasteiger partial charge in [-0.05, 0) is 130 Å². The molecule has 0 bridgehead atoms. The molecular formula is C65H88N4O15. The molecule has 18 atom stereocenters. The van der Waals surface area contributed by atoms with E-state index in [1.54, 1.807) is 89.5 Å². The highest BCUT2D eigenvalue weighted by Gasteiger charge is 2.61. The van der Waals surface area contributed by atoms with Crippen LogP contribution in [0.3, 0.4) is 0 Å². The Bertz CT molecular complexity index is 2890. The number of rotatable bonds is 17. The summed E-state index contributed by atoms with van der Waals surface area (Å²) in [5.74, 6) is -5.60. The van der Waals surface area contributed by atoms with Crippen LogP contribution >= 0.6 is 0 Å². The predicted molar refractivity (Wildman–Crippen MR) is 312 cm³/mol. The molecule has 1 amide bonds. The highest BCUT2D eigenvalue weighted by atomic mass is 16.7. The maximum absolute atomic E-state index is 15.5. The number of esters is 3. The molecular weight excluding hydrogens is 1080 g/mol. The first kappa shape index (κ1) is 64.1. The van der Waals surface area contributed by atoms with E-state index in [9.17, 15) is 14.4 Å². The fourth-order valence-electron chi connectivity index (χ4n) is 13.4. The largest absolute Gasteiger partial charge is 0.458 e. The van der Waals surface area contributed by atoms with Crippen LogP contribution in [0.1, 0.15) is 128 Å². The van der Waals surface area contributed by atoms with Crippen molar-refractivity contribution in [1.82, 2.24) is 20.3 Å². The van der Waals surface area contributed by atoms with Gasteiger partial charge < -0.3 is 52.3 Å². The summed E-state index contributed by atoms with van der Waals surface area (Å²) in [5.41, 5.74) is 1.94. The fraction of sp³-hybridized carbons (Fsp3) is 0.600. The van der Waals surface area contributed by atoms with E-state index in [0.29, 0.717) is 36.9 Å². The molecule has 84 heavy (non-hydrogen) atoms. The molecule has 458 valence electrons. The monoisotopic (exact) mass is 1160 g/mol. The van der Waals surface area contributed by atoms with Crippen molar-refractivity contribution < 1.29 is 71.3 Å². The van der Waals surface area contributed by atoms with Gasteiger partial charge in [0.1, 0.15) is 23.5 Å². The average molecular weight is 1170 g/mol. The van der Waals surface area contributed by atoms with Crippen LogP contribution in [0.4, 0.5) is 4.79 Å². The molecule has 8 rings (SSSR count). The van der Waals surface area contributed by atoms with Crippen LogP contribution < -0.4 is 5.43 Å². The van der Waals surface area contributed by atoms with Gasteiger partial charge in [0.05, 0.1) is 58.6 Å². The summed E-state index contributed by atoms with van der Waals surface area (Å²) >= 11 is 0. The normalized spacial score (nSPS) is 35.2. The first-order valence-corrected chi connectivity index (χ1v) is 29.7. The number of methoxy groups -OCH3 is 2. The first-order chi connectivity index (χ1) is 40.0. The van der Waals surface area contributed by atoms with E-state index in [0.717, 1.165) is 16.5 Å². The van der Waals surface area contributed by atoms with Gasteiger partial charge in [0.15, 0.2) is 30.4 Å². The van der Waals surface area contributed by atoms with E-state index >= 15 is 9.59 Å². The number of aryl methyl sites for hydroxylation is 1. The minimum Gasteiger partial charge on any atom is -0.458 e. The van der Waals surface area contributed by atoms with Crippen molar-refractivity contribution >= 4 is 40.7 Å². The molecule has 9 unspecified atom stereocenters. The second kappa shape index (κ2) is 27.2. The molecule has 0 spiro atoms. The number of hydrogen-bond donors (Lipinski definition) is 1. The number of carbonyl (C=O) groups is 5. The third-order valence-electron chi connectivity index (χ3n) is 18.1. The number of fused-ring (bicyclic) bond motifs is 2. The summed E-state index contributed by atoms with van der Waals surface area (Å²) in [6.45, 7) is 18.5. The molecule has 5 heterocycles. The second-order valence-electron chi connectivity index (χ2n) is 24.3. The number of ketones is 1. The van der Waals surface area contributed by atoms with E-state index in [4.69, 9.17) is 47.4 Å². The Hall–Kier alpha value is -5.90. The van der Waals surface area contributed by atoms with Crippen molar-refractivity contribution in [3.05, 3.63) is 114 Å². The number of ether oxygens (including phenoxy) is 10. The van der Waals surface area contributed by atoms with Crippen LogP contribution in [-0.4, -0.2) is 164 Å². The number of nitrogens with one attached hydrogen (secondary N) is 1. The van der Waals surface area contributed by atoms with Crippen LogP contribution in [0, 0.1) is 23.7 Å². The predicted octanol–water partition coefficient (Wildman–Crippen LogP) is 9.32. The molecule has 3 aromatic carbocycles. The maximum Gasteiger partial charge on any atom is 0.425 e. The lowest BCUT2D eigenvalue weighted by Gasteiger charge is -2.50. The lowest BCUT2D eigenvalue weighted by atomic mass is 9.73. The van der Waals surface area contributed by atoms with Gasteiger partial charge >= 0.3 is 24.0 Å². The van der Waals surface area contributed by atoms with Crippen molar-refractivity contribution in [1.29, 1.82) is 0 Å². The first-order valence-electron chi connectivity index (χ1n) is 29.7. The van der Waals surface area contributed by atoms with Gasteiger partial charge in [0, 0.05) is 56.5 Å². The maximum atomic E-state index is 15.5. The summed E-state index contributed by atoms with van der Waals surface area (Å²) in [6, 6.07) is 25.9. The van der Waals surface area contributed by atoms with Crippen LogP contribution in [0.5, 0.6) is 0 Å². The SMILES string of the molecule is CC[C@H]1OC(=O)[C@H](C)C(OC2CC(C)(OC)C(OC(=O)c3ccccc3)C(C)O2)[C@H](C)[C@@H](OC2OC(C)CC(N(C)C)C2OC(=O)c2ccccc2)[C@](C)(OC)C[C@@H](C)C(=O)[C@H](C)[C@H]2N(NCCCc3ccnc4ccccc34)C(=O)O[C@]12C. The van der Waals surface area contributed by atoms with E-state index in [-0.39, 0.29) is 37.2 Å². The highest BCUT2D eigenvalue weighted by Crippen LogP contribution is 2.45. The Morgan fingerprint density at radius 3 is 2.00 bits per heavy atom. The fourth-order valence-corrected chi connectivity index (χ4v) is 13.4. The Labute approximate surface area is 494 Å². The summed E-state index contributed by atoms with van der Waals surface area (Å²) in [7, 11) is 6.88. The number of para-hydroxylation sites is 1. The zero-order chi connectivity index (χ0) is 60.8. The van der Waals surface area contributed by atoms with Gasteiger partial charge in [-0.1, -0.05) is 82.3 Å². The third-order valence-corrected chi connectivity index (χ3v) is 18.1. The Kier molecular flexibility index (Phi) is 20.8. The molecule has 4 aromatic rings. The van der Waals surface area contributed by atoms with Crippen molar-refractivity contribution in [2.45, 2.75) is 192 Å². The van der Waals surface area contributed by atoms with E-state index in [1.807, 2.05) is 103 Å². The number of hydrogen-bond acceptors (Lipinski definition) is 18. The van der Waals surface area contributed by atoms with Gasteiger partial charge in [-0.2, -0.15) is 0 Å². The zero-order valence-electron chi connectivity index (χ0n) is 51.3. The Morgan fingerprint density at radius 2 is 1.37 bits per heavy atom. The number of Topliss-reactive ketones (excluding diaryl/α,β-unsaturated/α-hetero) is 1. The van der Waals surface area contributed by atoms with Gasteiger partial charge in [-0.3, -0.25) is 14.6 Å². The molecule has 4 aliphatic heterocycles. The van der Waals surface area contributed by atoms with Gasteiger partial charge in [-0.15, -0.1) is 0 Å². The number of carbonyl (C=O) groups excluding carboxylic acids is 5. The molecule has 0 radical (unpaired) electrons. The number of aromatic nitrogens is 1. The van der Waals surface area contributed by atoms with Crippen LogP contribution in [-0.2, 0) is 63.4 Å². The summed E-state index contributed by atoms with van der Waals surface area (Å²) < 4.78 is 66.3. The van der Waals surface area contributed by atoms with Gasteiger partial charge in [-0.25, -0.2) is 24.8 Å². The molecule has 1 N–H and O–H groups in total. The number of likely N-dealkylation sites (N-methyl/N-ethyl adjacent to an activating group) is 1. The van der Waals surface area contributed by atoms with E-state index in [2.05, 4.69) is 10.4 Å². The number of hydrazine groups is 1. The molecule has 0 aliphatic carbocycles. The summed E-state index contributed by atoms with van der Waals surface area (Å²) in [6.07, 6.45) is -5.42. The van der Waals surface area contributed by atoms with Crippen LogP contribution in [0.2, 0.25) is 0 Å². The summed E-state index contributed by atoms with van der Waals surface area (Å²) in [4.78, 5) is 79.4. The lowest BCUT2D eigenvalue weighted by molar-refractivity contribution is -0.318. The molecule has 4 aliphatic rings. The van der Waals surface area contributed by atoms with Crippen molar-refractivity contribution in [3.8, 4) is 0 Å². The van der Waals surface area contributed by atoms with Crippen molar-refractivity contribution in [2.24, 2.45) is 23.7 Å². The van der Waals surface area contributed by atoms with Crippen LogP contribution in [0.25, 0.3) is 10.9 Å². The minimum atomic E-state index is -1.54. The Morgan fingerprint density at radius 1 is 0.750 bits per heavy atom. The van der Waals surface area contributed by atoms with Crippen molar-refractivity contribution in [2.75, 3.05) is 34.9 Å². The molecule has 1 aromatic heterocycles. The number of pyridine rings is 1. The average Bonchev–Trinajstić information content (AvgIpc) is 3.69. The molecule has 0 saturated carbocycles. The number of amides is 1. The smallest absolute Gasteiger partial charge is 0.425 e. The number of benzene rings is 3. The minimum absolute atomic E-state index is 0.0443. The van der Waals surface area contributed by atoms with E-state index in [1.165, 1.54) is 12.1 Å². The quantitative estimate of drug-likeness (QED) is 0.0593. The molecule has 4 fully saturated rings. The molecule has 19 heteroatoms. The number of nitrogens with zero attached hydrogens (tertiary/aromatic N) is 3. The standard InChI is InChI=1S/C65H88N4O15/c1-15-50-65(10)55(69(62(74)84-65)67-33-24-29-44-32-34-66-48-31-23-22-30-47(44)48)40(4)52(70)38(2)36-63(8,75-13)56(83-61-54(49(68(11)12)35-39(3)77-61)81-59(72)45-25-18-16-19-26-45)41(5)53(42(6)58(71)79-50)80-51-37-64(9,76-14)57(43(7)78-51)82-60(73)46-27-20-17-21-28-46/h16-23,25-28,30-32,34,38-43,49-51,53-57,61,67H,15,24,29,33,35-37H2,1-14H3/t38-,39?,40+,41+,42-,43?,49?,50-,51?,53?,54?,55-,56-,57?,61?,63-,64?,65-/m1/s1. The Balaban J connectivity index is 1.18. The van der Waals surface area contributed by atoms with Crippen molar-refractivity contribution in [3.63, 3.8) is 0 Å².